The topological polar surface area (TPSA) is 96.2 Å². The predicted octanol–water partition coefficient (Wildman–Crippen LogP) is 3.52. The number of benzene rings is 2. The Kier molecular flexibility index (Phi) is 4.06. The quantitative estimate of drug-likeness (QED) is 0.538. The van der Waals surface area contributed by atoms with Crippen molar-refractivity contribution in [2.24, 2.45) is 0 Å². The average molecular weight is 348 g/mol. The third-order valence-electron chi connectivity index (χ3n) is 4.23. The fraction of sp³-hybridized carbons (Fsp3) is 0.111. The summed E-state index contributed by atoms with van der Waals surface area (Å²) in [5.41, 5.74) is 8.46. The minimum Gasteiger partial charge on any atom is -0.320 e. The minimum absolute atomic E-state index is 0.119. The van der Waals surface area contributed by atoms with Gasteiger partial charge in [-0.15, -0.1) is 0 Å². The molecule has 1 aliphatic rings. The number of hydrogen-bond donors (Lipinski definition) is 2. The van der Waals surface area contributed by atoms with Crippen LogP contribution >= 0.6 is 0 Å². The third-order valence-corrected chi connectivity index (χ3v) is 4.23. The van der Waals surface area contributed by atoms with Gasteiger partial charge < -0.3 is 4.90 Å². The van der Waals surface area contributed by atoms with Crippen LogP contribution in [0.15, 0.2) is 60.9 Å². The molecule has 0 unspecified atom stereocenters. The molecule has 0 saturated heterocycles. The summed E-state index contributed by atoms with van der Waals surface area (Å²) in [6.45, 7) is 0.642. The lowest BCUT2D eigenvalue weighted by Crippen LogP contribution is -2.19. The normalized spacial score (nSPS) is 12.5. The van der Waals surface area contributed by atoms with Gasteiger partial charge in [0.25, 0.3) is 0 Å². The zero-order valence-corrected chi connectivity index (χ0v) is 13.8. The summed E-state index contributed by atoms with van der Waals surface area (Å²) >= 11 is 0. The first-order valence-corrected chi connectivity index (χ1v) is 8.16. The summed E-state index contributed by atoms with van der Waals surface area (Å²) in [7, 11) is 0. The van der Waals surface area contributed by atoms with Gasteiger partial charge in [-0.3, -0.25) is 21.0 Å². The Balaban J connectivity index is 1.69. The van der Waals surface area contributed by atoms with Crippen LogP contribution in [0.2, 0.25) is 0 Å². The molecule has 2 N–H and O–H groups in total. The van der Waals surface area contributed by atoms with Gasteiger partial charge >= 0.3 is 5.69 Å². The van der Waals surface area contributed by atoms with Crippen molar-refractivity contribution < 1.29 is 4.92 Å². The lowest BCUT2D eigenvalue weighted by atomic mass is 10.2. The van der Waals surface area contributed by atoms with Gasteiger partial charge in [-0.25, -0.2) is 9.97 Å². The van der Waals surface area contributed by atoms with Crippen molar-refractivity contribution in [2.45, 2.75) is 6.42 Å². The van der Waals surface area contributed by atoms with Crippen molar-refractivity contribution in [1.82, 2.24) is 9.97 Å². The van der Waals surface area contributed by atoms with Gasteiger partial charge in [-0.1, -0.05) is 36.4 Å². The first kappa shape index (κ1) is 15.8. The summed E-state index contributed by atoms with van der Waals surface area (Å²) in [6.07, 6.45) is 2.15. The number of hydrogen-bond acceptors (Lipinski definition) is 7. The molecular weight excluding hydrogens is 332 g/mol. The molecule has 0 atom stereocenters. The zero-order valence-electron chi connectivity index (χ0n) is 13.8. The van der Waals surface area contributed by atoms with Crippen molar-refractivity contribution in [3.05, 3.63) is 76.6 Å². The van der Waals surface area contributed by atoms with Crippen LogP contribution < -0.4 is 15.8 Å². The molecule has 0 fully saturated rings. The number of anilines is 4. The fourth-order valence-electron chi connectivity index (χ4n) is 3.04. The Morgan fingerprint density at radius 2 is 1.77 bits per heavy atom. The molecule has 0 radical (unpaired) electrons. The van der Waals surface area contributed by atoms with Gasteiger partial charge in [-0.2, -0.15) is 0 Å². The predicted molar refractivity (Wildman–Crippen MR) is 99.5 cm³/mol. The lowest BCUT2D eigenvalue weighted by Gasteiger charge is -2.19. The van der Waals surface area contributed by atoms with Crippen LogP contribution in [0.1, 0.15) is 5.56 Å². The largest absolute Gasteiger partial charge is 0.355 e. The molecule has 130 valence electrons. The number of nitrogens with zero attached hydrogens (tertiary/aromatic N) is 4. The van der Waals surface area contributed by atoms with E-state index in [0.717, 1.165) is 23.4 Å². The van der Waals surface area contributed by atoms with Crippen LogP contribution in [0, 0.1) is 10.1 Å². The van der Waals surface area contributed by atoms with Gasteiger partial charge in [0, 0.05) is 12.2 Å². The highest BCUT2D eigenvalue weighted by Gasteiger charge is 2.31. The fourth-order valence-corrected chi connectivity index (χ4v) is 3.04. The first-order chi connectivity index (χ1) is 12.7. The van der Waals surface area contributed by atoms with Crippen LogP contribution in [0.4, 0.5) is 28.7 Å². The second-order valence-electron chi connectivity index (χ2n) is 5.80. The second kappa shape index (κ2) is 6.67. The van der Waals surface area contributed by atoms with E-state index < -0.39 is 4.92 Å². The molecular formula is C18H16N6O2. The van der Waals surface area contributed by atoms with E-state index in [2.05, 4.69) is 20.8 Å². The highest BCUT2D eigenvalue weighted by atomic mass is 16.6. The van der Waals surface area contributed by atoms with Crippen molar-refractivity contribution in [3.63, 3.8) is 0 Å². The van der Waals surface area contributed by atoms with Gasteiger partial charge in [0.1, 0.15) is 6.33 Å². The molecule has 26 heavy (non-hydrogen) atoms. The van der Waals surface area contributed by atoms with Crippen LogP contribution in [0.5, 0.6) is 0 Å². The highest BCUT2D eigenvalue weighted by Crippen LogP contribution is 2.40. The molecule has 0 aliphatic carbocycles. The number of fused-ring (bicyclic) bond motifs is 1. The summed E-state index contributed by atoms with van der Waals surface area (Å²) < 4.78 is 0. The number of para-hydroxylation sites is 2. The van der Waals surface area contributed by atoms with Crippen LogP contribution in [-0.4, -0.2) is 21.4 Å². The van der Waals surface area contributed by atoms with E-state index in [1.54, 1.807) is 0 Å². The van der Waals surface area contributed by atoms with Crippen molar-refractivity contribution >= 4 is 28.7 Å². The molecule has 3 aromatic rings. The zero-order chi connectivity index (χ0) is 17.9. The number of rotatable bonds is 5. The van der Waals surface area contributed by atoms with Gasteiger partial charge in [-0.05, 0) is 30.2 Å². The molecule has 1 aliphatic heterocycles. The molecule has 0 amide bonds. The van der Waals surface area contributed by atoms with Gasteiger partial charge in [0.05, 0.1) is 10.6 Å². The SMILES string of the molecule is O=[N+]([O-])c1c(NNc2ccccc2)ncnc1N1CCc2ccccc21. The Hall–Kier alpha value is -3.68. The van der Waals surface area contributed by atoms with Gasteiger partial charge in [0.2, 0.25) is 11.6 Å². The first-order valence-electron chi connectivity index (χ1n) is 8.16. The van der Waals surface area contributed by atoms with Crippen molar-refractivity contribution in [3.8, 4) is 0 Å². The van der Waals surface area contributed by atoms with Crippen LogP contribution in [0.25, 0.3) is 0 Å². The average Bonchev–Trinajstić information content (AvgIpc) is 3.10. The molecule has 2 aromatic carbocycles. The van der Waals surface area contributed by atoms with E-state index in [-0.39, 0.29) is 17.3 Å². The van der Waals surface area contributed by atoms with E-state index in [0.29, 0.717) is 6.54 Å². The highest BCUT2D eigenvalue weighted by molar-refractivity contribution is 5.78. The Bertz CT molecular complexity index is 947. The number of nitrogens with one attached hydrogen (secondary N) is 2. The lowest BCUT2D eigenvalue weighted by molar-refractivity contribution is -0.383. The Morgan fingerprint density at radius 3 is 2.58 bits per heavy atom. The molecule has 8 heteroatoms. The van der Waals surface area contributed by atoms with E-state index in [1.165, 1.54) is 6.33 Å². The maximum atomic E-state index is 11.8. The van der Waals surface area contributed by atoms with Crippen molar-refractivity contribution in [2.75, 3.05) is 22.3 Å². The third kappa shape index (κ3) is 2.88. The second-order valence-corrected chi connectivity index (χ2v) is 5.80. The molecule has 0 saturated carbocycles. The molecule has 0 spiro atoms. The molecule has 1 aromatic heterocycles. The summed E-state index contributed by atoms with van der Waals surface area (Å²) in [4.78, 5) is 21.4. The van der Waals surface area contributed by atoms with Crippen LogP contribution in [-0.2, 0) is 6.42 Å². The Morgan fingerprint density at radius 1 is 1.00 bits per heavy atom. The molecule has 0 bridgehead atoms. The Labute approximate surface area is 149 Å². The molecule has 4 rings (SSSR count). The monoisotopic (exact) mass is 348 g/mol. The molecule has 8 nitrogen and oxygen atoms in total. The summed E-state index contributed by atoms with van der Waals surface area (Å²) in [5.74, 6) is 0.403. The van der Waals surface area contributed by atoms with Gasteiger partial charge in [0.15, 0.2) is 0 Å². The summed E-state index contributed by atoms with van der Waals surface area (Å²) in [5, 5.41) is 11.8. The van der Waals surface area contributed by atoms with E-state index in [9.17, 15) is 10.1 Å². The maximum absolute atomic E-state index is 11.8. The van der Waals surface area contributed by atoms with E-state index >= 15 is 0 Å². The van der Waals surface area contributed by atoms with Crippen molar-refractivity contribution in [1.29, 1.82) is 0 Å². The van der Waals surface area contributed by atoms with E-state index in [4.69, 9.17) is 0 Å². The standard InChI is InChI=1S/C18H16N6O2/c25-24(26)16-17(22-21-14-7-2-1-3-8-14)19-12-20-18(16)23-11-10-13-6-4-5-9-15(13)23/h1-9,12,21H,10-11H2,(H,19,20,22). The van der Waals surface area contributed by atoms with Crippen LogP contribution in [0.3, 0.4) is 0 Å². The number of hydrazine groups is 1. The molecule has 2 heterocycles. The minimum atomic E-state index is -0.453. The maximum Gasteiger partial charge on any atom is 0.355 e. The summed E-state index contributed by atoms with van der Waals surface area (Å²) in [6, 6.07) is 17.2. The number of nitro groups is 1. The smallest absolute Gasteiger partial charge is 0.320 e. The van der Waals surface area contributed by atoms with E-state index in [1.807, 2.05) is 59.5 Å². The number of aromatic nitrogens is 2.